The smallest absolute Gasteiger partial charge is 0.258 e. The summed E-state index contributed by atoms with van der Waals surface area (Å²) in [6, 6.07) is 2.00. The zero-order valence-corrected chi connectivity index (χ0v) is 11.8. The van der Waals surface area contributed by atoms with E-state index < -0.39 is 0 Å². The Kier molecular flexibility index (Phi) is 3.40. The number of piperidine rings is 1. The van der Waals surface area contributed by atoms with Crippen molar-refractivity contribution in [3.63, 3.8) is 0 Å². The molecule has 1 N–H and O–H groups in total. The lowest BCUT2D eigenvalue weighted by atomic mass is 9.96. The van der Waals surface area contributed by atoms with Crippen LogP contribution in [0.5, 0.6) is 0 Å². The number of hydrogen-bond donors (Lipinski definition) is 1. The number of rotatable bonds is 2. The third-order valence-electron chi connectivity index (χ3n) is 3.78. The van der Waals surface area contributed by atoms with Gasteiger partial charge in [0.25, 0.3) is 5.91 Å². The van der Waals surface area contributed by atoms with E-state index in [1.54, 1.807) is 31.4 Å². The number of carbonyl (C=O) groups excluding carboxylic acids is 1. The minimum atomic E-state index is -0.0635. The Bertz CT molecular complexity index is 628. The van der Waals surface area contributed by atoms with Crippen LogP contribution in [0, 0.1) is 0 Å². The van der Waals surface area contributed by atoms with Crippen molar-refractivity contribution in [2.45, 2.75) is 18.8 Å². The van der Waals surface area contributed by atoms with Gasteiger partial charge < -0.3 is 10.2 Å². The average Bonchev–Trinajstić information content (AvgIpc) is 2.91. The predicted molar refractivity (Wildman–Crippen MR) is 75.8 cm³/mol. The Morgan fingerprint density at radius 2 is 2.35 bits per heavy atom. The summed E-state index contributed by atoms with van der Waals surface area (Å²) in [5.41, 5.74) is 2.33. The minimum Gasteiger partial charge on any atom is -0.345 e. The molecule has 106 valence electrons. The normalized spacial score (nSPS) is 19.2. The summed E-state index contributed by atoms with van der Waals surface area (Å²) < 4.78 is 1.81. The molecule has 6 nitrogen and oxygen atoms in total. The summed E-state index contributed by atoms with van der Waals surface area (Å²) in [7, 11) is 3.47. The third kappa shape index (κ3) is 2.16. The van der Waals surface area contributed by atoms with Gasteiger partial charge in [-0.2, -0.15) is 5.10 Å². The number of carbonyl (C=O) groups is 1. The molecule has 6 heteroatoms. The second kappa shape index (κ2) is 5.20. The second-order valence-corrected chi connectivity index (χ2v) is 5.41. The van der Waals surface area contributed by atoms with Gasteiger partial charge >= 0.3 is 0 Å². The molecular formula is C14H19N5O. The first-order valence-corrected chi connectivity index (χ1v) is 6.93. The molecule has 1 aliphatic rings. The van der Waals surface area contributed by atoms with E-state index in [0.29, 0.717) is 17.1 Å². The number of fused-ring (bicyclic) bond motifs is 1. The summed E-state index contributed by atoms with van der Waals surface area (Å²) in [4.78, 5) is 18.0. The Morgan fingerprint density at radius 3 is 3.05 bits per heavy atom. The van der Waals surface area contributed by atoms with E-state index in [9.17, 15) is 4.79 Å². The van der Waals surface area contributed by atoms with Crippen molar-refractivity contribution >= 4 is 11.6 Å². The Labute approximate surface area is 117 Å². The van der Waals surface area contributed by atoms with Crippen molar-refractivity contribution in [2.24, 2.45) is 0 Å². The van der Waals surface area contributed by atoms with Crippen molar-refractivity contribution < 1.29 is 4.79 Å². The van der Waals surface area contributed by atoms with Gasteiger partial charge in [0.1, 0.15) is 5.56 Å². The summed E-state index contributed by atoms with van der Waals surface area (Å²) in [5.74, 6) is 0.364. The van der Waals surface area contributed by atoms with Crippen molar-refractivity contribution in [1.82, 2.24) is 24.8 Å². The van der Waals surface area contributed by atoms with Gasteiger partial charge in [-0.3, -0.25) is 4.79 Å². The van der Waals surface area contributed by atoms with Crippen molar-refractivity contribution in [3.8, 4) is 0 Å². The molecule has 3 rings (SSSR count). The molecule has 0 radical (unpaired) electrons. The van der Waals surface area contributed by atoms with Crippen LogP contribution in [0.4, 0.5) is 0 Å². The van der Waals surface area contributed by atoms with Crippen LogP contribution in [0.3, 0.4) is 0 Å². The molecule has 3 heterocycles. The molecule has 1 amide bonds. The maximum absolute atomic E-state index is 12.1. The fourth-order valence-electron chi connectivity index (χ4n) is 2.72. The summed E-state index contributed by atoms with van der Waals surface area (Å²) in [6.45, 7) is 2.03. The number of nitrogens with zero attached hydrogens (tertiary/aromatic N) is 4. The number of aromatic nitrogens is 3. The molecule has 2 aromatic heterocycles. The van der Waals surface area contributed by atoms with E-state index >= 15 is 0 Å². The summed E-state index contributed by atoms with van der Waals surface area (Å²) in [6.07, 6.45) is 5.69. The number of nitrogens with one attached hydrogen (secondary N) is 1. The highest BCUT2D eigenvalue weighted by molar-refractivity contribution is 5.99. The zero-order valence-electron chi connectivity index (χ0n) is 11.8. The van der Waals surface area contributed by atoms with Gasteiger partial charge in [0.05, 0.1) is 11.9 Å². The topological polar surface area (TPSA) is 62.5 Å². The predicted octanol–water partition coefficient (Wildman–Crippen LogP) is 0.898. The van der Waals surface area contributed by atoms with Crippen LogP contribution in [0.1, 0.15) is 34.8 Å². The monoisotopic (exact) mass is 273 g/mol. The van der Waals surface area contributed by atoms with Gasteiger partial charge in [-0.1, -0.05) is 0 Å². The largest absolute Gasteiger partial charge is 0.345 e. The molecule has 1 saturated heterocycles. The second-order valence-electron chi connectivity index (χ2n) is 5.41. The van der Waals surface area contributed by atoms with Crippen LogP contribution >= 0.6 is 0 Å². The van der Waals surface area contributed by atoms with Crippen LogP contribution in [0.2, 0.25) is 0 Å². The first kappa shape index (κ1) is 13.1. The fraction of sp³-hybridized carbons (Fsp3) is 0.500. The number of hydrogen-bond acceptors (Lipinski definition) is 4. The SMILES string of the molecule is CN(C)C(=O)c1cnn2c(C3CCCNC3)ccnc12. The van der Waals surface area contributed by atoms with Crippen LogP contribution in [-0.4, -0.2) is 52.6 Å². The average molecular weight is 273 g/mol. The molecule has 2 aromatic rings. The lowest BCUT2D eigenvalue weighted by Gasteiger charge is -2.23. The van der Waals surface area contributed by atoms with Crippen molar-refractivity contribution in [1.29, 1.82) is 0 Å². The summed E-state index contributed by atoms with van der Waals surface area (Å²) in [5, 5.41) is 7.79. The van der Waals surface area contributed by atoms with Gasteiger partial charge in [-0.25, -0.2) is 9.50 Å². The lowest BCUT2D eigenvalue weighted by molar-refractivity contribution is 0.0829. The van der Waals surface area contributed by atoms with E-state index in [4.69, 9.17) is 0 Å². The van der Waals surface area contributed by atoms with Crippen molar-refractivity contribution in [3.05, 3.63) is 29.7 Å². The van der Waals surface area contributed by atoms with E-state index in [2.05, 4.69) is 15.4 Å². The van der Waals surface area contributed by atoms with Crippen LogP contribution in [0.15, 0.2) is 18.5 Å². The van der Waals surface area contributed by atoms with Crippen molar-refractivity contribution in [2.75, 3.05) is 27.2 Å². The molecule has 0 aliphatic carbocycles. The van der Waals surface area contributed by atoms with Crippen LogP contribution < -0.4 is 5.32 Å². The first-order valence-electron chi connectivity index (χ1n) is 6.93. The van der Waals surface area contributed by atoms with Gasteiger partial charge in [0, 0.05) is 32.8 Å². The molecule has 1 aliphatic heterocycles. The van der Waals surface area contributed by atoms with E-state index in [0.717, 1.165) is 25.2 Å². The highest BCUT2D eigenvalue weighted by Crippen LogP contribution is 2.24. The van der Waals surface area contributed by atoms with Crippen LogP contribution in [-0.2, 0) is 0 Å². The van der Waals surface area contributed by atoms with E-state index in [1.807, 2.05) is 10.6 Å². The molecule has 1 unspecified atom stereocenters. The molecule has 0 spiro atoms. The van der Waals surface area contributed by atoms with Gasteiger partial charge in [-0.15, -0.1) is 0 Å². The van der Waals surface area contributed by atoms with Gasteiger partial charge in [-0.05, 0) is 25.5 Å². The Balaban J connectivity index is 2.05. The van der Waals surface area contributed by atoms with Gasteiger partial charge in [0.2, 0.25) is 0 Å². The maximum atomic E-state index is 12.1. The van der Waals surface area contributed by atoms with E-state index in [-0.39, 0.29) is 5.91 Å². The molecule has 20 heavy (non-hydrogen) atoms. The minimum absolute atomic E-state index is 0.0635. The third-order valence-corrected chi connectivity index (χ3v) is 3.78. The molecular weight excluding hydrogens is 254 g/mol. The highest BCUT2D eigenvalue weighted by Gasteiger charge is 2.21. The molecule has 1 fully saturated rings. The molecule has 0 saturated carbocycles. The molecule has 1 atom stereocenters. The maximum Gasteiger partial charge on any atom is 0.258 e. The zero-order chi connectivity index (χ0) is 14.1. The Hall–Kier alpha value is -1.95. The quantitative estimate of drug-likeness (QED) is 0.883. The van der Waals surface area contributed by atoms with Gasteiger partial charge in [0.15, 0.2) is 5.65 Å². The summed E-state index contributed by atoms with van der Waals surface area (Å²) >= 11 is 0. The highest BCUT2D eigenvalue weighted by atomic mass is 16.2. The van der Waals surface area contributed by atoms with Crippen LogP contribution in [0.25, 0.3) is 5.65 Å². The van der Waals surface area contributed by atoms with E-state index in [1.165, 1.54) is 6.42 Å². The fourth-order valence-corrected chi connectivity index (χ4v) is 2.72. The Morgan fingerprint density at radius 1 is 1.50 bits per heavy atom. The number of amides is 1. The standard InChI is InChI=1S/C14H19N5O/c1-18(2)14(20)11-9-17-19-12(5-7-16-13(11)19)10-4-3-6-15-8-10/h5,7,9-10,15H,3-4,6,8H2,1-2H3. The lowest BCUT2D eigenvalue weighted by Crippen LogP contribution is -2.29. The molecule has 0 aromatic carbocycles. The molecule has 0 bridgehead atoms. The first-order chi connectivity index (χ1) is 9.68.